The van der Waals surface area contributed by atoms with Crippen molar-refractivity contribution < 1.29 is 9.90 Å². The van der Waals surface area contributed by atoms with Crippen LogP contribution in [0.3, 0.4) is 0 Å². The van der Waals surface area contributed by atoms with Gasteiger partial charge < -0.3 is 16.2 Å². The zero-order chi connectivity index (χ0) is 12.3. The number of primary amides is 1. The summed E-state index contributed by atoms with van der Waals surface area (Å²) >= 11 is 1.52. The fraction of sp³-hybridized carbons (Fsp3) is 0.583. The second kappa shape index (κ2) is 5.62. The van der Waals surface area contributed by atoms with Gasteiger partial charge in [0, 0.05) is 22.8 Å². The fourth-order valence-electron chi connectivity index (χ4n) is 2.18. The van der Waals surface area contributed by atoms with Crippen LogP contribution in [0.4, 0.5) is 0 Å². The number of nitrogens with one attached hydrogen (secondary N) is 1. The molecule has 0 saturated heterocycles. The van der Waals surface area contributed by atoms with Crippen molar-refractivity contribution in [1.29, 1.82) is 0 Å². The number of thiophene rings is 1. The van der Waals surface area contributed by atoms with E-state index in [4.69, 9.17) is 5.73 Å². The van der Waals surface area contributed by atoms with Crippen LogP contribution in [-0.2, 0) is 6.54 Å². The van der Waals surface area contributed by atoms with Crippen molar-refractivity contribution in [2.45, 2.75) is 44.4 Å². The summed E-state index contributed by atoms with van der Waals surface area (Å²) in [5, 5.41) is 14.9. The van der Waals surface area contributed by atoms with Gasteiger partial charge in [0.2, 0.25) is 5.91 Å². The van der Waals surface area contributed by atoms with E-state index < -0.39 is 0 Å². The molecule has 5 heteroatoms. The second-order valence-electron chi connectivity index (χ2n) is 4.51. The Hall–Kier alpha value is -0.910. The zero-order valence-corrected chi connectivity index (χ0v) is 10.5. The molecule has 94 valence electrons. The van der Waals surface area contributed by atoms with Crippen LogP contribution in [0.15, 0.2) is 11.4 Å². The van der Waals surface area contributed by atoms with Gasteiger partial charge >= 0.3 is 0 Å². The molecule has 4 N–H and O–H groups in total. The summed E-state index contributed by atoms with van der Waals surface area (Å²) in [6.45, 7) is 0.694. The van der Waals surface area contributed by atoms with Crippen LogP contribution in [0.1, 0.15) is 40.9 Å². The lowest BCUT2D eigenvalue weighted by molar-refractivity contribution is 0.0903. The Morgan fingerprint density at radius 3 is 2.94 bits per heavy atom. The molecule has 1 aromatic rings. The molecule has 1 fully saturated rings. The number of hydrogen-bond acceptors (Lipinski definition) is 4. The maximum absolute atomic E-state index is 10.9. The summed E-state index contributed by atoms with van der Waals surface area (Å²) in [5.41, 5.74) is 5.76. The quantitative estimate of drug-likeness (QED) is 0.756. The van der Waals surface area contributed by atoms with Gasteiger partial charge in [-0.3, -0.25) is 4.79 Å². The third-order valence-corrected chi connectivity index (χ3v) is 4.14. The SMILES string of the molecule is NC(=O)c1csc(CNC2CCCCC2O)c1. The lowest BCUT2D eigenvalue weighted by Crippen LogP contribution is -2.41. The Balaban J connectivity index is 1.86. The van der Waals surface area contributed by atoms with Crippen molar-refractivity contribution in [1.82, 2.24) is 5.32 Å². The van der Waals surface area contributed by atoms with Crippen molar-refractivity contribution in [3.63, 3.8) is 0 Å². The summed E-state index contributed by atoms with van der Waals surface area (Å²) in [6, 6.07) is 2.00. The highest BCUT2D eigenvalue weighted by Crippen LogP contribution is 2.20. The summed E-state index contributed by atoms with van der Waals surface area (Å²) in [5.74, 6) is -0.384. The van der Waals surface area contributed by atoms with Gasteiger partial charge in [-0.05, 0) is 18.9 Å². The number of carbonyl (C=O) groups is 1. The first kappa shape index (κ1) is 12.5. The standard InChI is InChI=1S/C12H18N2O2S/c13-12(16)8-5-9(17-7-8)6-14-10-3-1-2-4-11(10)15/h5,7,10-11,14-15H,1-4,6H2,(H2,13,16). The minimum atomic E-state index is -0.384. The van der Waals surface area contributed by atoms with E-state index in [0.717, 1.165) is 24.1 Å². The smallest absolute Gasteiger partial charge is 0.249 e. The molecule has 1 saturated carbocycles. The molecule has 1 aliphatic carbocycles. The molecule has 0 radical (unpaired) electrons. The average molecular weight is 254 g/mol. The topological polar surface area (TPSA) is 75.4 Å². The minimum absolute atomic E-state index is 0.183. The maximum Gasteiger partial charge on any atom is 0.249 e. The van der Waals surface area contributed by atoms with E-state index in [-0.39, 0.29) is 18.1 Å². The number of rotatable bonds is 4. The van der Waals surface area contributed by atoms with Gasteiger partial charge in [0.15, 0.2) is 0 Å². The van der Waals surface area contributed by atoms with E-state index in [1.165, 1.54) is 17.8 Å². The van der Waals surface area contributed by atoms with E-state index in [0.29, 0.717) is 12.1 Å². The molecule has 0 bridgehead atoms. The molecule has 1 aromatic heterocycles. The average Bonchev–Trinajstić information content (AvgIpc) is 2.77. The molecule has 2 unspecified atom stereocenters. The van der Waals surface area contributed by atoms with E-state index >= 15 is 0 Å². The summed E-state index contributed by atoms with van der Waals surface area (Å²) in [4.78, 5) is 12.0. The van der Waals surface area contributed by atoms with Gasteiger partial charge in [-0.1, -0.05) is 12.8 Å². The third-order valence-electron chi connectivity index (χ3n) is 3.21. The normalized spacial score (nSPS) is 24.8. The van der Waals surface area contributed by atoms with Crippen molar-refractivity contribution >= 4 is 17.2 Å². The van der Waals surface area contributed by atoms with Crippen molar-refractivity contribution in [3.8, 4) is 0 Å². The van der Waals surface area contributed by atoms with Crippen LogP contribution >= 0.6 is 11.3 Å². The predicted molar refractivity (Wildman–Crippen MR) is 67.9 cm³/mol. The molecular formula is C12H18N2O2S. The molecule has 1 heterocycles. The van der Waals surface area contributed by atoms with E-state index in [1.807, 2.05) is 6.07 Å². The molecule has 1 amide bonds. The van der Waals surface area contributed by atoms with E-state index in [9.17, 15) is 9.90 Å². The molecule has 0 spiro atoms. The van der Waals surface area contributed by atoms with Crippen molar-refractivity contribution in [3.05, 3.63) is 21.9 Å². The Kier molecular flexibility index (Phi) is 4.15. The number of hydrogen-bond donors (Lipinski definition) is 3. The number of nitrogens with two attached hydrogens (primary N) is 1. The molecule has 4 nitrogen and oxygen atoms in total. The van der Waals surface area contributed by atoms with Crippen LogP contribution in [0.2, 0.25) is 0 Å². The monoisotopic (exact) mass is 254 g/mol. The molecule has 2 rings (SSSR count). The van der Waals surface area contributed by atoms with E-state index in [2.05, 4.69) is 5.32 Å². The minimum Gasteiger partial charge on any atom is -0.392 e. The second-order valence-corrected chi connectivity index (χ2v) is 5.50. The third kappa shape index (κ3) is 3.28. The summed E-state index contributed by atoms with van der Waals surface area (Å²) in [7, 11) is 0. The molecule has 2 atom stereocenters. The van der Waals surface area contributed by atoms with Crippen LogP contribution in [0.5, 0.6) is 0 Å². The first-order valence-corrected chi connectivity index (χ1v) is 6.83. The van der Waals surface area contributed by atoms with Crippen LogP contribution < -0.4 is 11.1 Å². The maximum atomic E-state index is 10.9. The van der Waals surface area contributed by atoms with Gasteiger partial charge in [-0.15, -0.1) is 11.3 Å². The van der Waals surface area contributed by atoms with Gasteiger partial charge in [0.25, 0.3) is 0 Å². The van der Waals surface area contributed by atoms with Crippen LogP contribution in [0.25, 0.3) is 0 Å². The lowest BCUT2D eigenvalue weighted by Gasteiger charge is -2.28. The Bertz CT molecular complexity index is 392. The Morgan fingerprint density at radius 2 is 2.29 bits per heavy atom. The Labute approximate surface area is 105 Å². The van der Waals surface area contributed by atoms with Gasteiger partial charge in [0.1, 0.15) is 0 Å². The zero-order valence-electron chi connectivity index (χ0n) is 9.69. The first-order valence-electron chi connectivity index (χ1n) is 5.95. The highest BCUT2D eigenvalue weighted by molar-refractivity contribution is 7.10. The first-order chi connectivity index (χ1) is 8.16. The number of aliphatic hydroxyl groups is 1. The number of carbonyl (C=O) groups excluding carboxylic acids is 1. The van der Waals surface area contributed by atoms with Gasteiger partial charge in [-0.25, -0.2) is 0 Å². The highest BCUT2D eigenvalue weighted by atomic mass is 32.1. The van der Waals surface area contributed by atoms with Crippen molar-refractivity contribution in [2.75, 3.05) is 0 Å². The summed E-state index contributed by atoms with van der Waals surface area (Å²) < 4.78 is 0. The number of aliphatic hydroxyl groups excluding tert-OH is 1. The summed E-state index contributed by atoms with van der Waals surface area (Å²) in [6.07, 6.45) is 3.96. The highest BCUT2D eigenvalue weighted by Gasteiger charge is 2.22. The lowest BCUT2D eigenvalue weighted by atomic mass is 9.92. The van der Waals surface area contributed by atoms with Crippen LogP contribution in [-0.4, -0.2) is 23.2 Å². The molecule has 1 aliphatic rings. The van der Waals surface area contributed by atoms with Gasteiger partial charge in [0.05, 0.1) is 11.7 Å². The molecule has 0 aliphatic heterocycles. The Morgan fingerprint density at radius 1 is 1.53 bits per heavy atom. The molecule has 17 heavy (non-hydrogen) atoms. The van der Waals surface area contributed by atoms with Gasteiger partial charge in [-0.2, -0.15) is 0 Å². The van der Waals surface area contributed by atoms with Crippen molar-refractivity contribution in [2.24, 2.45) is 5.73 Å². The largest absolute Gasteiger partial charge is 0.392 e. The number of amides is 1. The van der Waals surface area contributed by atoms with Crippen LogP contribution in [0, 0.1) is 0 Å². The van der Waals surface area contributed by atoms with E-state index in [1.54, 1.807) is 5.38 Å². The predicted octanol–water partition coefficient (Wildman–Crippen LogP) is 1.24. The molecular weight excluding hydrogens is 236 g/mol. The fourth-order valence-corrected chi connectivity index (χ4v) is 3.01. The molecule has 0 aromatic carbocycles.